The largest absolute Gasteiger partial charge is 0.493 e. The Hall–Kier alpha value is -4.26. The highest BCUT2D eigenvalue weighted by atomic mass is 16.5. The summed E-state index contributed by atoms with van der Waals surface area (Å²) in [6.07, 6.45) is 1.21. The summed E-state index contributed by atoms with van der Waals surface area (Å²) in [6.45, 7) is 2.08. The summed E-state index contributed by atoms with van der Waals surface area (Å²) in [4.78, 5) is 4.50. The van der Waals surface area contributed by atoms with Gasteiger partial charge in [-0.1, -0.05) is 48.0 Å². The number of nitrogens with one attached hydrogen (secondary N) is 1. The Morgan fingerprint density at radius 2 is 1.74 bits per heavy atom. The highest BCUT2D eigenvalue weighted by Crippen LogP contribution is 2.51. The van der Waals surface area contributed by atoms with Gasteiger partial charge in [-0.25, -0.2) is 4.68 Å². The van der Waals surface area contributed by atoms with E-state index in [1.807, 2.05) is 47.1 Å². The Kier molecular flexibility index (Phi) is 4.76. The number of hydrogen-bond donors (Lipinski definition) is 1. The lowest BCUT2D eigenvalue weighted by molar-refractivity contribution is 0.222. The van der Waals surface area contributed by atoms with E-state index in [9.17, 15) is 0 Å². The van der Waals surface area contributed by atoms with Gasteiger partial charge < -0.3 is 19.5 Å². The quantitative estimate of drug-likeness (QED) is 0.461. The Balaban J connectivity index is 1.62. The standard InChI is InChI=1S/C27H24N4O3/c1-16-9-11-20-19(13-16)24-23(26(34-20)18-10-12-21(32-2)22(14-18)33-3)25(17-7-5-4-6-8-17)31-27(30-24)28-15-29-31/h4-15,25-26H,1-3H3,(H,28,29,30). The van der Waals surface area contributed by atoms with Crippen LogP contribution in [0.25, 0.3) is 5.70 Å². The van der Waals surface area contributed by atoms with Crippen molar-refractivity contribution in [1.82, 2.24) is 14.8 Å². The second kappa shape index (κ2) is 7.95. The van der Waals surface area contributed by atoms with Gasteiger partial charge in [-0.3, -0.25) is 0 Å². The lowest BCUT2D eigenvalue weighted by atomic mass is 9.84. The SMILES string of the molecule is COc1ccc(C2Oc3ccc(C)cc3C3=C2C(c2ccccc2)n2ncnc2N3)cc1OC. The molecule has 0 radical (unpaired) electrons. The molecule has 2 aliphatic rings. The van der Waals surface area contributed by atoms with Crippen LogP contribution in [0.2, 0.25) is 0 Å². The van der Waals surface area contributed by atoms with Crippen molar-refractivity contribution in [3.8, 4) is 17.2 Å². The lowest BCUT2D eigenvalue weighted by Gasteiger charge is -2.39. The summed E-state index contributed by atoms with van der Waals surface area (Å²) in [5.41, 5.74) is 6.30. The van der Waals surface area contributed by atoms with Crippen LogP contribution >= 0.6 is 0 Å². The van der Waals surface area contributed by atoms with Crippen LogP contribution in [0.4, 0.5) is 5.95 Å². The number of aromatic nitrogens is 3. The van der Waals surface area contributed by atoms with Crippen molar-refractivity contribution in [3.63, 3.8) is 0 Å². The van der Waals surface area contributed by atoms with Crippen molar-refractivity contribution in [3.05, 3.63) is 101 Å². The molecular formula is C27H24N4O3. The number of methoxy groups -OCH3 is 2. The number of hydrogen-bond acceptors (Lipinski definition) is 6. The molecule has 0 amide bonds. The number of rotatable bonds is 4. The van der Waals surface area contributed by atoms with E-state index in [0.717, 1.165) is 39.3 Å². The number of anilines is 1. The molecule has 0 fully saturated rings. The molecule has 2 aliphatic heterocycles. The minimum absolute atomic E-state index is 0.193. The summed E-state index contributed by atoms with van der Waals surface area (Å²) in [6, 6.07) is 22.3. The monoisotopic (exact) mass is 452 g/mol. The van der Waals surface area contributed by atoms with Crippen LogP contribution in [0.5, 0.6) is 17.2 Å². The van der Waals surface area contributed by atoms with Crippen molar-refractivity contribution in [2.45, 2.75) is 19.1 Å². The molecule has 0 bridgehead atoms. The third-order valence-electron chi connectivity index (χ3n) is 6.40. The molecule has 6 rings (SSSR count). The van der Waals surface area contributed by atoms with Crippen LogP contribution in [0.3, 0.4) is 0 Å². The molecule has 2 unspecified atom stereocenters. The Morgan fingerprint density at radius 1 is 0.912 bits per heavy atom. The average molecular weight is 453 g/mol. The zero-order chi connectivity index (χ0) is 23.2. The molecule has 170 valence electrons. The minimum Gasteiger partial charge on any atom is -0.493 e. The molecule has 0 saturated heterocycles. The van der Waals surface area contributed by atoms with Gasteiger partial charge in [0.2, 0.25) is 5.95 Å². The molecule has 34 heavy (non-hydrogen) atoms. The van der Waals surface area contributed by atoms with Crippen molar-refractivity contribution in [1.29, 1.82) is 0 Å². The molecule has 1 N–H and O–H groups in total. The lowest BCUT2D eigenvalue weighted by Crippen LogP contribution is -2.32. The zero-order valence-electron chi connectivity index (χ0n) is 19.1. The van der Waals surface area contributed by atoms with Crippen molar-refractivity contribution < 1.29 is 14.2 Å². The van der Waals surface area contributed by atoms with Crippen LogP contribution in [0.15, 0.2) is 78.6 Å². The summed E-state index contributed by atoms with van der Waals surface area (Å²) < 4.78 is 19.7. The minimum atomic E-state index is -0.375. The highest BCUT2D eigenvalue weighted by Gasteiger charge is 2.41. The van der Waals surface area contributed by atoms with E-state index < -0.39 is 0 Å². The summed E-state index contributed by atoms with van der Waals surface area (Å²) in [5.74, 6) is 2.85. The predicted octanol–water partition coefficient (Wildman–Crippen LogP) is 5.16. The molecule has 3 aromatic carbocycles. The zero-order valence-corrected chi connectivity index (χ0v) is 19.1. The molecule has 1 aromatic heterocycles. The van der Waals surface area contributed by atoms with E-state index in [-0.39, 0.29) is 12.1 Å². The average Bonchev–Trinajstić information content (AvgIpc) is 3.35. The first-order chi connectivity index (χ1) is 16.7. The summed E-state index contributed by atoms with van der Waals surface area (Å²) in [7, 11) is 3.28. The molecule has 0 spiro atoms. The van der Waals surface area contributed by atoms with E-state index in [1.54, 1.807) is 20.5 Å². The van der Waals surface area contributed by atoms with E-state index in [1.165, 1.54) is 0 Å². The van der Waals surface area contributed by atoms with Gasteiger partial charge in [-0.05, 0) is 36.8 Å². The van der Waals surface area contributed by atoms with Gasteiger partial charge in [-0.15, -0.1) is 0 Å². The Bertz CT molecular complexity index is 1410. The van der Waals surface area contributed by atoms with E-state index in [0.29, 0.717) is 17.4 Å². The van der Waals surface area contributed by atoms with Crippen molar-refractivity contribution in [2.24, 2.45) is 0 Å². The van der Waals surface area contributed by atoms with Crippen LogP contribution in [-0.2, 0) is 0 Å². The molecule has 7 nitrogen and oxygen atoms in total. The fourth-order valence-corrected chi connectivity index (χ4v) is 4.83. The first-order valence-corrected chi connectivity index (χ1v) is 11.1. The van der Waals surface area contributed by atoms with E-state index in [2.05, 4.69) is 46.6 Å². The molecular weight excluding hydrogens is 428 g/mol. The molecule has 0 saturated carbocycles. The van der Waals surface area contributed by atoms with Gasteiger partial charge in [0, 0.05) is 16.7 Å². The first kappa shape index (κ1) is 20.4. The van der Waals surface area contributed by atoms with Crippen LogP contribution < -0.4 is 19.5 Å². The van der Waals surface area contributed by atoms with Crippen LogP contribution in [0, 0.1) is 6.92 Å². The second-order valence-corrected chi connectivity index (χ2v) is 8.41. The van der Waals surface area contributed by atoms with E-state index in [4.69, 9.17) is 14.2 Å². The maximum atomic E-state index is 6.70. The fraction of sp³-hybridized carbons (Fsp3) is 0.185. The van der Waals surface area contributed by atoms with Crippen molar-refractivity contribution >= 4 is 11.6 Å². The van der Waals surface area contributed by atoms with Crippen LogP contribution in [0.1, 0.15) is 34.4 Å². The van der Waals surface area contributed by atoms with Gasteiger partial charge in [0.05, 0.1) is 19.9 Å². The molecule has 3 heterocycles. The number of ether oxygens (including phenoxy) is 3. The number of aryl methyl sites for hydroxylation is 1. The molecule has 0 aliphatic carbocycles. The smallest absolute Gasteiger partial charge is 0.226 e. The van der Waals surface area contributed by atoms with Gasteiger partial charge >= 0.3 is 0 Å². The molecule has 4 aromatic rings. The van der Waals surface area contributed by atoms with Crippen molar-refractivity contribution in [2.75, 3.05) is 19.5 Å². The molecule has 2 atom stereocenters. The molecule has 7 heteroatoms. The predicted molar refractivity (Wildman–Crippen MR) is 129 cm³/mol. The fourth-order valence-electron chi connectivity index (χ4n) is 4.83. The maximum Gasteiger partial charge on any atom is 0.226 e. The maximum absolute atomic E-state index is 6.70. The first-order valence-electron chi connectivity index (χ1n) is 11.1. The third kappa shape index (κ3) is 3.12. The van der Waals surface area contributed by atoms with Gasteiger partial charge in [-0.2, -0.15) is 10.1 Å². The van der Waals surface area contributed by atoms with Gasteiger partial charge in [0.15, 0.2) is 11.5 Å². The van der Waals surface area contributed by atoms with Gasteiger partial charge in [0.25, 0.3) is 0 Å². The summed E-state index contributed by atoms with van der Waals surface area (Å²) >= 11 is 0. The second-order valence-electron chi connectivity index (χ2n) is 8.41. The third-order valence-corrected chi connectivity index (χ3v) is 6.40. The number of nitrogens with zero attached hydrogens (tertiary/aromatic N) is 3. The Labute approximate surface area is 197 Å². The number of benzene rings is 3. The normalized spacial score (nSPS) is 18.2. The van der Waals surface area contributed by atoms with Crippen LogP contribution in [-0.4, -0.2) is 29.0 Å². The van der Waals surface area contributed by atoms with Gasteiger partial charge in [0.1, 0.15) is 24.2 Å². The number of fused-ring (bicyclic) bond motifs is 3. The Morgan fingerprint density at radius 3 is 2.53 bits per heavy atom. The van der Waals surface area contributed by atoms with E-state index >= 15 is 0 Å². The summed E-state index contributed by atoms with van der Waals surface area (Å²) in [5, 5.41) is 8.12. The topological polar surface area (TPSA) is 70.4 Å². The highest BCUT2D eigenvalue weighted by molar-refractivity contribution is 5.85.